The van der Waals surface area contributed by atoms with Crippen molar-refractivity contribution in [1.29, 1.82) is 0 Å². The zero-order valence-electron chi connectivity index (χ0n) is 13.0. The van der Waals surface area contributed by atoms with Crippen LogP contribution in [0.4, 0.5) is 0 Å². The third kappa shape index (κ3) is 3.79. The molecule has 2 heterocycles. The fraction of sp³-hybridized carbons (Fsp3) is 0.333. The van der Waals surface area contributed by atoms with Crippen molar-refractivity contribution >= 4 is 34.8 Å². The molecule has 6 heteroatoms. The van der Waals surface area contributed by atoms with Gasteiger partial charge in [-0.25, -0.2) is 0 Å². The van der Waals surface area contributed by atoms with E-state index >= 15 is 0 Å². The van der Waals surface area contributed by atoms with Gasteiger partial charge in [-0.15, -0.1) is 0 Å². The van der Waals surface area contributed by atoms with Crippen LogP contribution in [-0.2, 0) is 16.0 Å². The number of rotatable bonds is 5. The second kappa shape index (κ2) is 7.36. The Bertz CT molecular complexity index is 714. The molecule has 2 atom stereocenters. The van der Waals surface area contributed by atoms with Crippen molar-refractivity contribution < 1.29 is 14.7 Å². The molecule has 0 bridgehead atoms. The Morgan fingerprint density at radius 3 is 2.58 bits per heavy atom. The van der Waals surface area contributed by atoms with Gasteiger partial charge in [-0.2, -0.15) is 11.3 Å². The predicted octanol–water partition coefficient (Wildman–Crippen LogP) is 3.66. The molecule has 126 valence electrons. The summed E-state index contributed by atoms with van der Waals surface area (Å²) in [5.74, 6) is -1.60. The quantitative estimate of drug-likeness (QED) is 0.881. The monoisotopic (exact) mass is 363 g/mol. The molecule has 0 unspecified atom stereocenters. The standard InChI is InChI=1S/C18H18ClNO3S/c19-14-4-2-13(3-5-14)15-9-20(10-16(15)18(22)23)17(21)6-1-12-7-8-24-11-12/h2-5,7-8,11,15-16H,1,6,9-10H2,(H,22,23)/t15-,16+/m0/s1. The first-order chi connectivity index (χ1) is 11.5. The van der Waals surface area contributed by atoms with Crippen LogP contribution in [0.1, 0.15) is 23.5 Å². The van der Waals surface area contributed by atoms with Gasteiger partial charge >= 0.3 is 5.97 Å². The third-order valence-electron chi connectivity index (χ3n) is 4.50. The summed E-state index contributed by atoms with van der Waals surface area (Å²) in [5, 5.41) is 14.2. The van der Waals surface area contributed by atoms with Crippen LogP contribution in [0.5, 0.6) is 0 Å². The number of aryl methyl sites for hydroxylation is 1. The number of thiophene rings is 1. The van der Waals surface area contributed by atoms with Gasteiger partial charge in [-0.05, 0) is 46.5 Å². The summed E-state index contributed by atoms with van der Waals surface area (Å²) >= 11 is 7.52. The maximum Gasteiger partial charge on any atom is 0.308 e. The molecule has 1 N–H and O–H groups in total. The van der Waals surface area contributed by atoms with Crippen LogP contribution in [-0.4, -0.2) is 35.0 Å². The van der Waals surface area contributed by atoms with Crippen molar-refractivity contribution in [3.63, 3.8) is 0 Å². The average molecular weight is 364 g/mol. The number of carbonyl (C=O) groups excluding carboxylic acids is 1. The zero-order chi connectivity index (χ0) is 17.1. The molecule has 1 aliphatic heterocycles. The number of carboxylic acids is 1. The van der Waals surface area contributed by atoms with Crippen molar-refractivity contribution in [2.45, 2.75) is 18.8 Å². The van der Waals surface area contributed by atoms with Crippen LogP contribution in [0.3, 0.4) is 0 Å². The summed E-state index contributed by atoms with van der Waals surface area (Å²) in [4.78, 5) is 25.7. The Hall–Kier alpha value is -1.85. The lowest BCUT2D eigenvalue weighted by Crippen LogP contribution is -2.30. The maximum absolute atomic E-state index is 12.5. The van der Waals surface area contributed by atoms with E-state index < -0.39 is 11.9 Å². The lowest BCUT2D eigenvalue weighted by atomic mass is 9.89. The second-order valence-corrected chi connectivity index (χ2v) is 7.25. The minimum Gasteiger partial charge on any atom is -0.481 e. The highest BCUT2D eigenvalue weighted by Gasteiger charge is 2.40. The van der Waals surface area contributed by atoms with Crippen LogP contribution in [0, 0.1) is 5.92 Å². The Morgan fingerprint density at radius 2 is 1.96 bits per heavy atom. The molecule has 4 nitrogen and oxygen atoms in total. The lowest BCUT2D eigenvalue weighted by molar-refractivity contribution is -0.141. The summed E-state index contributed by atoms with van der Waals surface area (Å²) in [7, 11) is 0. The van der Waals surface area contributed by atoms with E-state index in [4.69, 9.17) is 11.6 Å². The van der Waals surface area contributed by atoms with Crippen molar-refractivity contribution in [3.8, 4) is 0 Å². The number of likely N-dealkylation sites (tertiary alicyclic amines) is 1. The molecule has 1 fully saturated rings. The Balaban J connectivity index is 1.68. The van der Waals surface area contributed by atoms with Crippen LogP contribution >= 0.6 is 22.9 Å². The average Bonchev–Trinajstić information content (AvgIpc) is 3.23. The minimum atomic E-state index is -0.858. The fourth-order valence-corrected chi connectivity index (χ4v) is 3.98. The van der Waals surface area contributed by atoms with Crippen LogP contribution < -0.4 is 0 Å². The molecule has 24 heavy (non-hydrogen) atoms. The molecule has 0 spiro atoms. The van der Waals surface area contributed by atoms with Gasteiger partial charge in [0.25, 0.3) is 0 Å². The molecule has 0 radical (unpaired) electrons. The highest BCUT2D eigenvalue weighted by molar-refractivity contribution is 7.07. The summed E-state index contributed by atoms with van der Waals surface area (Å²) in [5.41, 5.74) is 2.07. The number of nitrogens with zero attached hydrogens (tertiary/aromatic N) is 1. The molecule has 1 aromatic carbocycles. The normalized spacial score (nSPS) is 20.3. The molecule has 0 aliphatic carbocycles. The van der Waals surface area contributed by atoms with E-state index in [0.717, 1.165) is 11.1 Å². The predicted molar refractivity (Wildman–Crippen MR) is 94.5 cm³/mol. The smallest absolute Gasteiger partial charge is 0.308 e. The van der Waals surface area contributed by atoms with Gasteiger partial charge in [0.15, 0.2) is 0 Å². The molecule has 1 saturated heterocycles. The van der Waals surface area contributed by atoms with E-state index in [0.29, 0.717) is 24.4 Å². The van der Waals surface area contributed by atoms with Gasteiger partial charge in [0.05, 0.1) is 5.92 Å². The van der Waals surface area contributed by atoms with E-state index in [1.807, 2.05) is 29.0 Å². The second-order valence-electron chi connectivity index (χ2n) is 6.03. The topological polar surface area (TPSA) is 57.6 Å². The van der Waals surface area contributed by atoms with Gasteiger partial charge in [0.2, 0.25) is 5.91 Å². The fourth-order valence-electron chi connectivity index (χ4n) is 3.15. The van der Waals surface area contributed by atoms with Crippen molar-refractivity contribution in [2.24, 2.45) is 5.92 Å². The van der Waals surface area contributed by atoms with Gasteiger partial charge in [0, 0.05) is 30.5 Å². The number of hydrogen-bond acceptors (Lipinski definition) is 3. The van der Waals surface area contributed by atoms with Crippen LogP contribution in [0.2, 0.25) is 5.02 Å². The highest BCUT2D eigenvalue weighted by Crippen LogP contribution is 2.34. The summed E-state index contributed by atoms with van der Waals surface area (Å²) in [6.07, 6.45) is 1.11. The molecule has 0 saturated carbocycles. The summed E-state index contributed by atoms with van der Waals surface area (Å²) < 4.78 is 0. The van der Waals surface area contributed by atoms with E-state index in [-0.39, 0.29) is 18.4 Å². The molecular weight excluding hydrogens is 346 g/mol. The number of carbonyl (C=O) groups is 2. The van der Waals surface area contributed by atoms with Crippen molar-refractivity contribution in [3.05, 3.63) is 57.2 Å². The van der Waals surface area contributed by atoms with Gasteiger partial charge in [-0.1, -0.05) is 23.7 Å². The zero-order valence-corrected chi connectivity index (χ0v) is 14.6. The first-order valence-corrected chi connectivity index (χ1v) is 9.14. The Morgan fingerprint density at radius 1 is 1.21 bits per heavy atom. The van der Waals surface area contributed by atoms with E-state index in [2.05, 4.69) is 0 Å². The first-order valence-electron chi connectivity index (χ1n) is 7.81. The highest BCUT2D eigenvalue weighted by atomic mass is 35.5. The number of halogens is 1. The number of amides is 1. The first kappa shape index (κ1) is 17.0. The summed E-state index contributed by atoms with van der Waals surface area (Å²) in [6.45, 7) is 0.714. The molecule has 1 aromatic heterocycles. The minimum absolute atomic E-state index is 0.0175. The van der Waals surface area contributed by atoms with Crippen LogP contribution in [0.15, 0.2) is 41.1 Å². The lowest BCUT2D eigenvalue weighted by Gasteiger charge is -2.16. The van der Waals surface area contributed by atoms with E-state index in [9.17, 15) is 14.7 Å². The molecule has 3 rings (SSSR count). The number of hydrogen-bond donors (Lipinski definition) is 1. The van der Waals surface area contributed by atoms with Crippen molar-refractivity contribution in [2.75, 3.05) is 13.1 Å². The van der Waals surface area contributed by atoms with E-state index in [1.54, 1.807) is 28.4 Å². The van der Waals surface area contributed by atoms with E-state index in [1.165, 1.54) is 0 Å². The number of aliphatic carboxylic acids is 1. The molecule has 2 aromatic rings. The molecule has 1 aliphatic rings. The van der Waals surface area contributed by atoms with Crippen LogP contribution in [0.25, 0.3) is 0 Å². The number of carboxylic acid groups (broad SMARTS) is 1. The maximum atomic E-state index is 12.5. The SMILES string of the molecule is O=C(O)[C@@H]1CN(C(=O)CCc2ccsc2)C[C@H]1c1ccc(Cl)cc1. The molecule has 1 amide bonds. The van der Waals surface area contributed by atoms with Gasteiger partial charge in [0.1, 0.15) is 0 Å². The summed E-state index contributed by atoms with van der Waals surface area (Å²) in [6, 6.07) is 9.23. The molecular formula is C18H18ClNO3S. The Kier molecular flexibility index (Phi) is 5.21. The Labute approximate surface area is 149 Å². The van der Waals surface area contributed by atoms with Gasteiger partial charge < -0.3 is 10.0 Å². The third-order valence-corrected chi connectivity index (χ3v) is 5.48. The largest absolute Gasteiger partial charge is 0.481 e. The van der Waals surface area contributed by atoms with Gasteiger partial charge in [-0.3, -0.25) is 9.59 Å². The number of benzene rings is 1. The van der Waals surface area contributed by atoms with Crippen molar-refractivity contribution in [1.82, 2.24) is 4.90 Å².